The van der Waals surface area contributed by atoms with Crippen molar-refractivity contribution in [2.75, 3.05) is 0 Å². The molecule has 0 bridgehead atoms. The van der Waals surface area contributed by atoms with Crippen LogP contribution in [0.5, 0.6) is 0 Å². The Hall–Kier alpha value is 0. The molecule has 0 aromatic heterocycles. The molecule has 0 aliphatic heterocycles. The lowest BCUT2D eigenvalue weighted by Gasteiger charge is -2.48. The minimum Gasteiger partial charge on any atom is -0.0622 e. The van der Waals surface area contributed by atoms with Gasteiger partial charge in [0.2, 0.25) is 0 Å². The maximum Gasteiger partial charge on any atom is -0.0292 e. The van der Waals surface area contributed by atoms with Gasteiger partial charge >= 0.3 is 0 Å². The van der Waals surface area contributed by atoms with Gasteiger partial charge < -0.3 is 0 Å². The molecule has 0 amide bonds. The second-order valence-corrected chi connectivity index (χ2v) is 4.33. The number of fused-ring (bicyclic) bond motifs is 1. The number of hydrogen-bond acceptors (Lipinski definition) is 0. The fourth-order valence-electron chi connectivity index (χ4n) is 3.20. The second kappa shape index (κ2) is 1.53. The summed E-state index contributed by atoms with van der Waals surface area (Å²) in [5.41, 5.74) is 0.805. The molecule has 2 saturated carbocycles. The normalized spacial score (nSPS) is 56.7. The summed E-state index contributed by atoms with van der Waals surface area (Å²) >= 11 is 0. The van der Waals surface area contributed by atoms with Crippen LogP contribution in [-0.4, -0.2) is 0 Å². The van der Waals surface area contributed by atoms with Crippen molar-refractivity contribution in [2.45, 2.75) is 39.5 Å². The molecule has 0 aromatic rings. The van der Waals surface area contributed by atoms with Crippen molar-refractivity contribution in [3.8, 4) is 0 Å². The molecule has 0 aromatic carbocycles. The summed E-state index contributed by atoms with van der Waals surface area (Å²) in [7, 11) is 0. The molecule has 0 N–H and O–H groups in total. The van der Waals surface area contributed by atoms with Gasteiger partial charge in [-0.05, 0) is 36.5 Å². The standard InChI is InChI=1S/C9H16/c1-7-6-9(2)5-3-4-8(7)9/h7-8H,3-6H2,1-2H3. The van der Waals surface area contributed by atoms with Gasteiger partial charge in [0.1, 0.15) is 0 Å². The van der Waals surface area contributed by atoms with Crippen molar-refractivity contribution in [1.82, 2.24) is 0 Å². The van der Waals surface area contributed by atoms with E-state index in [-0.39, 0.29) is 0 Å². The third-order valence-electron chi connectivity index (χ3n) is 3.63. The van der Waals surface area contributed by atoms with E-state index in [1.54, 1.807) is 0 Å². The number of rotatable bonds is 0. The third-order valence-corrected chi connectivity index (χ3v) is 3.63. The van der Waals surface area contributed by atoms with E-state index in [1.165, 1.54) is 25.7 Å². The Kier molecular flexibility index (Phi) is 0.980. The Morgan fingerprint density at radius 1 is 1.44 bits per heavy atom. The van der Waals surface area contributed by atoms with Gasteiger partial charge in [-0.15, -0.1) is 0 Å². The van der Waals surface area contributed by atoms with Crippen LogP contribution in [0.4, 0.5) is 0 Å². The summed E-state index contributed by atoms with van der Waals surface area (Å²) in [6, 6.07) is 0. The lowest BCUT2D eigenvalue weighted by Crippen LogP contribution is -2.40. The van der Waals surface area contributed by atoms with Crippen LogP contribution in [0.25, 0.3) is 0 Å². The average Bonchev–Trinajstić information content (AvgIpc) is 2.06. The molecule has 2 rings (SSSR count). The Morgan fingerprint density at radius 3 is 2.67 bits per heavy atom. The predicted molar refractivity (Wildman–Crippen MR) is 39.2 cm³/mol. The Bertz CT molecular complexity index is 128. The smallest absolute Gasteiger partial charge is 0.0292 e. The molecule has 2 fully saturated rings. The van der Waals surface area contributed by atoms with Crippen molar-refractivity contribution < 1.29 is 0 Å². The van der Waals surface area contributed by atoms with E-state index in [2.05, 4.69) is 13.8 Å². The minimum atomic E-state index is 0.805. The Labute approximate surface area is 57.6 Å². The van der Waals surface area contributed by atoms with E-state index in [1.807, 2.05) is 0 Å². The van der Waals surface area contributed by atoms with E-state index < -0.39 is 0 Å². The highest BCUT2D eigenvalue weighted by molar-refractivity contribution is 5.00. The van der Waals surface area contributed by atoms with Gasteiger partial charge in [-0.1, -0.05) is 20.3 Å². The molecule has 52 valence electrons. The molecule has 0 saturated heterocycles. The number of hydrogen-bond donors (Lipinski definition) is 0. The Balaban J connectivity index is 2.13. The summed E-state index contributed by atoms with van der Waals surface area (Å²) in [5.74, 6) is 2.16. The first kappa shape index (κ1) is 5.76. The van der Waals surface area contributed by atoms with Crippen LogP contribution < -0.4 is 0 Å². The van der Waals surface area contributed by atoms with Crippen LogP contribution in [-0.2, 0) is 0 Å². The maximum absolute atomic E-state index is 2.48. The molecule has 3 unspecified atom stereocenters. The zero-order valence-electron chi connectivity index (χ0n) is 6.48. The van der Waals surface area contributed by atoms with E-state index in [0.717, 1.165) is 17.3 Å². The van der Waals surface area contributed by atoms with Crippen molar-refractivity contribution >= 4 is 0 Å². The third kappa shape index (κ3) is 0.595. The maximum atomic E-state index is 2.48. The van der Waals surface area contributed by atoms with Crippen LogP contribution >= 0.6 is 0 Å². The first-order valence-electron chi connectivity index (χ1n) is 4.22. The van der Waals surface area contributed by atoms with Gasteiger partial charge in [0, 0.05) is 0 Å². The van der Waals surface area contributed by atoms with Gasteiger partial charge in [-0.2, -0.15) is 0 Å². The van der Waals surface area contributed by atoms with Crippen LogP contribution in [0.2, 0.25) is 0 Å². The lowest BCUT2D eigenvalue weighted by atomic mass is 9.57. The van der Waals surface area contributed by atoms with E-state index in [9.17, 15) is 0 Å². The van der Waals surface area contributed by atoms with Gasteiger partial charge in [0.25, 0.3) is 0 Å². The zero-order valence-corrected chi connectivity index (χ0v) is 6.48. The zero-order chi connectivity index (χ0) is 6.48. The van der Waals surface area contributed by atoms with Gasteiger partial charge in [-0.3, -0.25) is 0 Å². The fraction of sp³-hybridized carbons (Fsp3) is 1.00. The molecule has 2 aliphatic rings. The van der Waals surface area contributed by atoms with Gasteiger partial charge in [-0.25, -0.2) is 0 Å². The van der Waals surface area contributed by atoms with Crippen molar-refractivity contribution in [2.24, 2.45) is 17.3 Å². The lowest BCUT2D eigenvalue weighted by molar-refractivity contribution is 0.0148. The molecule has 0 radical (unpaired) electrons. The first-order chi connectivity index (χ1) is 4.22. The highest BCUT2D eigenvalue weighted by Gasteiger charge is 2.50. The first-order valence-corrected chi connectivity index (χ1v) is 4.22. The van der Waals surface area contributed by atoms with E-state index in [0.29, 0.717) is 0 Å². The Morgan fingerprint density at radius 2 is 2.22 bits per heavy atom. The monoisotopic (exact) mass is 124 g/mol. The molecule has 0 nitrogen and oxygen atoms in total. The van der Waals surface area contributed by atoms with Crippen LogP contribution in [0, 0.1) is 17.3 Å². The topological polar surface area (TPSA) is 0 Å². The predicted octanol–water partition coefficient (Wildman–Crippen LogP) is 2.83. The summed E-state index contributed by atoms with van der Waals surface area (Å²) in [6.45, 7) is 4.89. The van der Waals surface area contributed by atoms with Gasteiger partial charge in [0.15, 0.2) is 0 Å². The van der Waals surface area contributed by atoms with Gasteiger partial charge in [0.05, 0.1) is 0 Å². The van der Waals surface area contributed by atoms with Crippen LogP contribution in [0.3, 0.4) is 0 Å². The fourth-order valence-corrected chi connectivity index (χ4v) is 3.20. The molecule has 2 aliphatic carbocycles. The van der Waals surface area contributed by atoms with Crippen molar-refractivity contribution in [1.29, 1.82) is 0 Å². The van der Waals surface area contributed by atoms with Crippen LogP contribution in [0.15, 0.2) is 0 Å². The second-order valence-electron chi connectivity index (χ2n) is 4.33. The molecule has 0 heterocycles. The van der Waals surface area contributed by atoms with Crippen LogP contribution in [0.1, 0.15) is 39.5 Å². The molecule has 9 heavy (non-hydrogen) atoms. The van der Waals surface area contributed by atoms with Crippen molar-refractivity contribution in [3.05, 3.63) is 0 Å². The quantitative estimate of drug-likeness (QED) is 0.466. The van der Waals surface area contributed by atoms with E-state index in [4.69, 9.17) is 0 Å². The summed E-state index contributed by atoms with van der Waals surface area (Å²) < 4.78 is 0. The minimum absolute atomic E-state index is 0.805. The average molecular weight is 124 g/mol. The molecule has 0 heteroatoms. The molecule has 3 atom stereocenters. The SMILES string of the molecule is CC1CC2(C)CCCC12. The molecule has 0 spiro atoms. The van der Waals surface area contributed by atoms with E-state index >= 15 is 0 Å². The summed E-state index contributed by atoms with van der Waals surface area (Å²) in [4.78, 5) is 0. The van der Waals surface area contributed by atoms with Crippen molar-refractivity contribution in [3.63, 3.8) is 0 Å². The highest BCUT2D eigenvalue weighted by atomic mass is 14.5. The molecular formula is C9H16. The largest absolute Gasteiger partial charge is 0.0622 e. The highest BCUT2D eigenvalue weighted by Crippen LogP contribution is 2.60. The summed E-state index contributed by atoms with van der Waals surface area (Å²) in [5, 5.41) is 0. The summed E-state index contributed by atoms with van der Waals surface area (Å²) in [6.07, 6.45) is 6.06. The molecular weight excluding hydrogens is 108 g/mol.